The quantitative estimate of drug-likeness (QED) is 0.704. The second-order valence-electron chi connectivity index (χ2n) is 6.33. The zero-order valence-electron chi connectivity index (χ0n) is 14.4. The molecule has 2 aromatic carbocycles. The fraction of sp³-hybridized carbons (Fsp3) is 0.200. The number of rotatable bonds is 4. The molecule has 5 nitrogen and oxygen atoms in total. The van der Waals surface area contributed by atoms with Crippen LogP contribution in [0, 0.1) is 0 Å². The molecule has 0 radical (unpaired) electrons. The van der Waals surface area contributed by atoms with Crippen molar-refractivity contribution in [2.24, 2.45) is 0 Å². The number of fused-ring (bicyclic) bond motifs is 1. The Hall–Kier alpha value is -2.34. The second-order valence-corrected chi connectivity index (χ2v) is 7.17. The van der Waals surface area contributed by atoms with Crippen molar-refractivity contribution in [3.8, 4) is 0 Å². The van der Waals surface area contributed by atoms with E-state index < -0.39 is 0 Å². The highest BCUT2D eigenvalue weighted by Gasteiger charge is 2.24. The maximum atomic E-state index is 12.5. The molecule has 1 N–H and O–H groups in total. The summed E-state index contributed by atoms with van der Waals surface area (Å²) in [7, 11) is 0. The molecule has 27 heavy (non-hydrogen) atoms. The standard InChI is InChI=1S/C20H17Cl2N3O2/c21-15-7-5-13(6-8-15)19-11-25-16(12-27-19)9-18(24-25)20(26)23-10-14-3-1-2-4-17(14)22/h1-9,19H,10-12H2,(H,23,26)/t19-/m1/s1. The van der Waals surface area contributed by atoms with E-state index in [1.54, 1.807) is 12.1 Å². The molecule has 0 spiro atoms. The number of halogens is 2. The van der Waals surface area contributed by atoms with Crippen LogP contribution in [0.1, 0.15) is 33.4 Å². The topological polar surface area (TPSA) is 56.2 Å². The molecule has 0 fully saturated rings. The highest BCUT2D eigenvalue weighted by molar-refractivity contribution is 6.31. The second kappa shape index (κ2) is 7.72. The molecule has 1 amide bonds. The Balaban J connectivity index is 1.44. The van der Waals surface area contributed by atoms with Gasteiger partial charge in [0.25, 0.3) is 5.91 Å². The summed E-state index contributed by atoms with van der Waals surface area (Å²) in [6.45, 7) is 1.30. The molecule has 0 saturated carbocycles. The van der Waals surface area contributed by atoms with E-state index in [9.17, 15) is 4.79 Å². The zero-order chi connectivity index (χ0) is 18.8. The minimum Gasteiger partial charge on any atom is -0.365 e. The third kappa shape index (κ3) is 4.00. The Morgan fingerprint density at radius 2 is 1.96 bits per heavy atom. The number of amides is 1. The molecule has 0 aliphatic carbocycles. The lowest BCUT2D eigenvalue weighted by molar-refractivity contribution is -0.00119. The molecule has 1 atom stereocenters. The number of carbonyl (C=O) groups is 1. The predicted molar refractivity (Wildman–Crippen MR) is 104 cm³/mol. The lowest BCUT2D eigenvalue weighted by atomic mass is 10.1. The predicted octanol–water partition coefficient (Wildman–Crippen LogP) is 4.39. The molecule has 3 aromatic rings. The Kier molecular flexibility index (Phi) is 5.16. The van der Waals surface area contributed by atoms with Gasteiger partial charge in [-0.25, -0.2) is 0 Å². The fourth-order valence-corrected chi connectivity index (χ4v) is 3.35. The lowest BCUT2D eigenvalue weighted by Gasteiger charge is -2.24. The molecule has 0 bridgehead atoms. The normalized spacial score (nSPS) is 16.0. The highest BCUT2D eigenvalue weighted by Crippen LogP contribution is 2.27. The minimum absolute atomic E-state index is 0.117. The fourth-order valence-electron chi connectivity index (χ4n) is 3.02. The van der Waals surface area contributed by atoms with Crippen LogP contribution in [0.2, 0.25) is 10.0 Å². The number of nitrogens with zero attached hydrogens (tertiary/aromatic N) is 2. The van der Waals surface area contributed by atoms with Gasteiger partial charge in [0, 0.05) is 16.6 Å². The van der Waals surface area contributed by atoms with Gasteiger partial charge in [-0.05, 0) is 35.4 Å². The van der Waals surface area contributed by atoms with E-state index in [0.29, 0.717) is 35.4 Å². The Morgan fingerprint density at radius 1 is 1.19 bits per heavy atom. The summed E-state index contributed by atoms with van der Waals surface area (Å²) in [5.41, 5.74) is 3.15. The van der Waals surface area contributed by atoms with Crippen LogP contribution in [0.15, 0.2) is 54.6 Å². The maximum absolute atomic E-state index is 12.5. The van der Waals surface area contributed by atoms with Crippen molar-refractivity contribution in [2.45, 2.75) is 25.8 Å². The van der Waals surface area contributed by atoms with Gasteiger partial charge >= 0.3 is 0 Å². The number of benzene rings is 2. The van der Waals surface area contributed by atoms with Gasteiger partial charge in [-0.15, -0.1) is 0 Å². The van der Waals surface area contributed by atoms with Gasteiger partial charge < -0.3 is 10.1 Å². The summed E-state index contributed by atoms with van der Waals surface area (Å²) >= 11 is 12.1. The highest BCUT2D eigenvalue weighted by atomic mass is 35.5. The van der Waals surface area contributed by atoms with Gasteiger partial charge in [0.2, 0.25) is 0 Å². The van der Waals surface area contributed by atoms with E-state index in [2.05, 4.69) is 10.4 Å². The third-order valence-electron chi connectivity index (χ3n) is 4.51. The van der Waals surface area contributed by atoms with Crippen LogP contribution >= 0.6 is 23.2 Å². The molecule has 7 heteroatoms. The first kappa shape index (κ1) is 18.0. The molecule has 2 heterocycles. The zero-order valence-corrected chi connectivity index (χ0v) is 15.9. The lowest BCUT2D eigenvalue weighted by Crippen LogP contribution is -2.24. The largest absolute Gasteiger partial charge is 0.365 e. The van der Waals surface area contributed by atoms with Crippen LogP contribution in [0.4, 0.5) is 0 Å². The van der Waals surface area contributed by atoms with Gasteiger partial charge in [0.1, 0.15) is 6.10 Å². The van der Waals surface area contributed by atoms with Gasteiger partial charge in [-0.2, -0.15) is 5.10 Å². The molecule has 1 aromatic heterocycles. The maximum Gasteiger partial charge on any atom is 0.272 e. The molecule has 1 aliphatic heterocycles. The van der Waals surface area contributed by atoms with E-state index in [1.807, 2.05) is 47.1 Å². The molecular weight excluding hydrogens is 385 g/mol. The average Bonchev–Trinajstić information content (AvgIpc) is 3.11. The Labute approximate surface area is 166 Å². The van der Waals surface area contributed by atoms with Crippen molar-refractivity contribution in [2.75, 3.05) is 0 Å². The van der Waals surface area contributed by atoms with E-state index in [0.717, 1.165) is 16.8 Å². The summed E-state index contributed by atoms with van der Waals surface area (Å²) in [6, 6.07) is 16.7. The minimum atomic E-state index is -0.236. The summed E-state index contributed by atoms with van der Waals surface area (Å²) < 4.78 is 7.74. The van der Waals surface area contributed by atoms with Crippen molar-refractivity contribution >= 4 is 29.1 Å². The van der Waals surface area contributed by atoms with Gasteiger partial charge in [-0.3, -0.25) is 9.48 Å². The molecular formula is C20H17Cl2N3O2. The van der Waals surface area contributed by atoms with Crippen molar-refractivity contribution in [3.05, 3.63) is 87.2 Å². The van der Waals surface area contributed by atoms with Gasteiger partial charge in [0.15, 0.2) is 5.69 Å². The van der Waals surface area contributed by atoms with E-state index in [1.165, 1.54) is 0 Å². The average molecular weight is 402 g/mol. The smallest absolute Gasteiger partial charge is 0.272 e. The van der Waals surface area contributed by atoms with Crippen LogP contribution in [0.25, 0.3) is 0 Å². The SMILES string of the molecule is O=C(NCc1ccccc1Cl)c1cc2n(n1)C[C@H](c1ccc(Cl)cc1)OC2. The van der Waals surface area contributed by atoms with Crippen LogP contribution in [-0.2, 0) is 24.4 Å². The summed E-state index contributed by atoms with van der Waals surface area (Å²) in [4.78, 5) is 12.5. The first-order valence-corrected chi connectivity index (χ1v) is 9.31. The number of nitrogens with one attached hydrogen (secondary N) is 1. The first-order chi connectivity index (χ1) is 13.1. The van der Waals surface area contributed by atoms with E-state index >= 15 is 0 Å². The Morgan fingerprint density at radius 3 is 2.74 bits per heavy atom. The van der Waals surface area contributed by atoms with E-state index in [4.69, 9.17) is 27.9 Å². The van der Waals surface area contributed by atoms with Crippen LogP contribution < -0.4 is 5.32 Å². The van der Waals surface area contributed by atoms with Gasteiger partial charge in [0.05, 0.1) is 18.8 Å². The number of aromatic nitrogens is 2. The monoisotopic (exact) mass is 401 g/mol. The van der Waals surface area contributed by atoms with Crippen LogP contribution in [0.3, 0.4) is 0 Å². The number of carbonyl (C=O) groups excluding carboxylic acids is 1. The van der Waals surface area contributed by atoms with Gasteiger partial charge in [-0.1, -0.05) is 53.5 Å². The van der Waals surface area contributed by atoms with Crippen molar-refractivity contribution in [1.82, 2.24) is 15.1 Å². The number of hydrogen-bond donors (Lipinski definition) is 1. The Bertz CT molecular complexity index is 970. The number of hydrogen-bond acceptors (Lipinski definition) is 3. The molecule has 4 rings (SSSR count). The number of ether oxygens (including phenoxy) is 1. The van der Waals surface area contributed by atoms with Crippen LogP contribution in [-0.4, -0.2) is 15.7 Å². The summed E-state index contributed by atoms with van der Waals surface area (Å²) in [6.07, 6.45) is -0.117. The summed E-state index contributed by atoms with van der Waals surface area (Å²) in [5.74, 6) is -0.236. The first-order valence-electron chi connectivity index (χ1n) is 8.55. The molecule has 138 valence electrons. The molecule has 0 unspecified atom stereocenters. The summed E-state index contributed by atoms with van der Waals surface area (Å²) in [5, 5.41) is 8.62. The molecule has 0 saturated heterocycles. The third-order valence-corrected chi connectivity index (χ3v) is 5.13. The van der Waals surface area contributed by atoms with Crippen molar-refractivity contribution < 1.29 is 9.53 Å². The van der Waals surface area contributed by atoms with E-state index in [-0.39, 0.29) is 12.0 Å². The van der Waals surface area contributed by atoms with Crippen molar-refractivity contribution in [1.29, 1.82) is 0 Å². The molecule has 1 aliphatic rings. The van der Waals surface area contributed by atoms with Crippen molar-refractivity contribution in [3.63, 3.8) is 0 Å². The van der Waals surface area contributed by atoms with Crippen LogP contribution in [0.5, 0.6) is 0 Å².